The molecule has 0 saturated heterocycles. The van der Waals surface area contributed by atoms with Crippen LogP contribution in [0.25, 0.3) is 0 Å². The van der Waals surface area contributed by atoms with Gasteiger partial charge in [0, 0.05) is 12.6 Å². The first-order chi connectivity index (χ1) is 8.54. The number of likely N-dealkylation sites (N-methyl/N-ethyl adjacent to an activating group) is 1. The van der Waals surface area contributed by atoms with Gasteiger partial charge in [0.2, 0.25) is 5.88 Å². The molecular weight excluding hydrogens is 228 g/mol. The molecule has 0 aliphatic heterocycles. The average Bonchev–Trinajstić information content (AvgIpc) is 2.35. The Morgan fingerprint density at radius 2 is 2.17 bits per heavy atom. The van der Waals surface area contributed by atoms with E-state index >= 15 is 0 Å². The van der Waals surface area contributed by atoms with Crippen LogP contribution in [0.1, 0.15) is 20.3 Å². The highest BCUT2D eigenvalue weighted by molar-refractivity contribution is 5.53. The van der Waals surface area contributed by atoms with Gasteiger partial charge in [-0.15, -0.1) is 0 Å². The molecule has 0 aliphatic rings. The average molecular weight is 252 g/mol. The van der Waals surface area contributed by atoms with Gasteiger partial charge in [-0.05, 0) is 39.6 Å². The topological polar surface area (TPSA) is 63.4 Å². The number of nitrogens with two attached hydrogens (primary N) is 1. The molecule has 0 radical (unpaired) electrons. The first-order valence-corrected chi connectivity index (χ1v) is 6.34. The van der Waals surface area contributed by atoms with Crippen LogP contribution in [0.2, 0.25) is 0 Å². The smallest absolute Gasteiger partial charge is 0.239 e. The highest BCUT2D eigenvalue weighted by atomic mass is 16.5. The summed E-state index contributed by atoms with van der Waals surface area (Å²) in [6, 6.07) is 4.13. The van der Waals surface area contributed by atoms with E-state index in [-0.39, 0.29) is 0 Å². The minimum atomic E-state index is 0.435. The molecular formula is C13H24N4O. The van der Waals surface area contributed by atoms with Gasteiger partial charge in [0.05, 0.1) is 12.3 Å². The predicted molar refractivity (Wildman–Crippen MR) is 76.1 cm³/mol. The van der Waals surface area contributed by atoms with Crippen molar-refractivity contribution in [2.75, 3.05) is 38.3 Å². The zero-order chi connectivity index (χ0) is 13.5. The third-order valence-electron chi connectivity index (χ3n) is 2.79. The zero-order valence-electron chi connectivity index (χ0n) is 11.7. The van der Waals surface area contributed by atoms with Crippen LogP contribution in [0.4, 0.5) is 11.5 Å². The number of nitrogens with zero attached hydrogens (tertiary/aromatic N) is 2. The first-order valence-electron chi connectivity index (χ1n) is 6.34. The SMILES string of the molecule is CCCOc1nc(NCC(C)N(C)C)ccc1N. The summed E-state index contributed by atoms with van der Waals surface area (Å²) in [5.74, 6) is 1.31. The summed E-state index contributed by atoms with van der Waals surface area (Å²) in [5.41, 5.74) is 6.39. The highest BCUT2D eigenvalue weighted by Crippen LogP contribution is 2.20. The van der Waals surface area contributed by atoms with Crippen LogP contribution < -0.4 is 15.8 Å². The molecule has 0 aliphatic carbocycles. The summed E-state index contributed by atoms with van der Waals surface area (Å²) in [6.45, 7) is 5.67. The second-order valence-electron chi connectivity index (χ2n) is 4.63. The molecule has 102 valence electrons. The van der Waals surface area contributed by atoms with Crippen LogP contribution in [0, 0.1) is 0 Å². The molecule has 0 fully saturated rings. The Labute approximate surface area is 109 Å². The van der Waals surface area contributed by atoms with E-state index in [4.69, 9.17) is 10.5 Å². The fraction of sp³-hybridized carbons (Fsp3) is 0.615. The minimum absolute atomic E-state index is 0.435. The normalized spacial score (nSPS) is 12.5. The van der Waals surface area contributed by atoms with E-state index in [9.17, 15) is 0 Å². The summed E-state index contributed by atoms with van der Waals surface area (Å²) in [4.78, 5) is 6.52. The van der Waals surface area contributed by atoms with Crippen molar-refractivity contribution < 1.29 is 4.74 Å². The molecule has 0 amide bonds. The maximum Gasteiger partial charge on any atom is 0.239 e. The Hall–Kier alpha value is -1.49. The second-order valence-corrected chi connectivity index (χ2v) is 4.63. The standard InChI is InChI=1S/C13H24N4O/c1-5-8-18-13-11(14)6-7-12(16-13)15-9-10(2)17(3)4/h6-7,10H,5,8-9,14H2,1-4H3,(H,15,16). The third kappa shape index (κ3) is 4.41. The van der Waals surface area contributed by atoms with E-state index < -0.39 is 0 Å². The summed E-state index contributed by atoms with van der Waals surface area (Å²) in [5, 5.41) is 3.28. The van der Waals surface area contributed by atoms with Crippen molar-refractivity contribution in [3.8, 4) is 5.88 Å². The molecule has 0 bridgehead atoms. The summed E-state index contributed by atoms with van der Waals surface area (Å²) in [7, 11) is 4.11. The molecule has 0 aromatic carbocycles. The Kier molecular flexibility index (Phi) is 5.71. The lowest BCUT2D eigenvalue weighted by atomic mass is 10.3. The molecule has 3 N–H and O–H groups in total. The molecule has 0 spiro atoms. The van der Waals surface area contributed by atoms with Gasteiger partial charge in [0.15, 0.2) is 0 Å². The molecule has 1 heterocycles. The van der Waals surface area contributed by atoms with E-state index in [1.165, 1.54) is 0 Å². The van der Waals surface area contributed by atoms with E-state index in [2.05, 4.69) is 43.1 Å². The number of ether oxygens (including phenoxy) is 1. The number of hydrogen-bond donors (Lipinski definition) is 2. The molecule has 5 nitrogen and oxygen atoms in total. The van der Waals surface area contributed by atoms with Crippen molar-refractivity contribution in [3.05, 3.63) is 12.1 Å². The van der Waals surface area contributed by atoms with E-state index in [0.29, 0.717) is 24.2 Å². The van der Waals surface area contributed by atoms with Crippen molar-refractivity contribution >= 4 is 11.5 Å². The number of nitrogens with one attached hydrogen (secondary N) is 1. The largest absolute Gasteiger partial charge is 0.476 e. The molecule has 1 aromatic rings. The van der Waals surface area contributed by atoms with Gasteiger partial charge in [-0.2, -0.15) is 4.98 Å². The van der Waals surface area contributed by atoms with Crippen LogP contribution in [-0.2, 0) is 0 Å². The van der Waals surface area contributed by atoms with E-state index in [0.717, 1.165) is 18.8 Å². The third-order valence-corrected chi connectivity index (χ3v) is 2.79. The first kappa shape index (κ1) is 14.6. The maximum absolute atomic E-state index is 5.81. The van der Waals surface area contributed by atoms with Crippen molar-refractivity contribution in [3.63, 3.8) is 0 Å². The summed E-state index contributed by atoms with van der Waals surface area (Å²) >= 11 is 0. The number of rotatable bonds is 7. The fourth-order valence-corrected chi connectivity index (χ4v) is 1.30. The molecule has 1 unspecified atom stereocenters. The molecule has 5 heteroatoms. The van der Waals surface area contributed by atoms with Gasteiger partial charge in [0.1, 0.15) is 5.82 Å². The van der Waals surface area contributed by atoms with E-state index in [1.54, 1.807) is 0 Å². The van der Waals surface area contributed by atoms with Crippen molar-refractivity contribution in [1.29, 1.82) is 0 Å². The van der Waals surface area contributed by atoms with Crippen LogP contribution in [0.3, 0.4) is 0 Å². The second kappa shape index (κ2) is 7.06. The van der Waals surface area contributed by atoms with Crippen LogP contribution in [-0.4, -0.2) is 43.2 Å². The monoisotopic (exact) mass is 252 g/mol. The maximum atomic E-state index is 5.81. The Balaban J connectivity index is 2.61. The fourth-order valence-electron chi connectivity index (χ4n) is 1.30. The van der Waals surface area contributed by atoms with Gasteiger partial charge in [-0.1, -0.05) is 6.92 Å². The Morgan fingerprint density at radius 1 is 1.44 bits per heavy atom. The predicted octanol–water partition coefficient (Wildman–Crippen LogP) is 1.81. The van der Waals surface area contributed by atoms with Gasteiger partial charge in [-0.3, -0.25) is 0 Å². The molecule has 1 atom stereocenters. The Bertz CT molecular complexity index is 368. The highest BCUT2D eigenvalue weighted by Gasteiger charge is 2.07. The number of nitrogen functional groups attached to an aromatic ring is 1. The van der Waals surface area contributed by atoms with Crippen LogP contribution >= 0.6 is 0 Å². The molecule has 1 aromatic heterocycles. The van der Waals surface area contributed by atoms with Gasteiger partial charge in [-0.25, -0.2) is 0 Å². The molecule has 1 rings (SSSR count). The summed E-state index contributed by atoms with van der Waals surface area (Å²) in [6.07, 6.45) is 0.941. The van der Waals surface area contributed by atoms with Crippen molar-refractivity contribution in [2.24, 2.45) is 0 Å². The van der Waals surface area contributed by atoms with E-state index in [1.807, 2.05) is 12.1 Å². The number of anilines is 2. The Morgan fingerprint density at radius 3 is 2.78 bits per heavy atom. The molecule has 0 saturated carbocycles. The van der Waals surface area contributed by atoms with Crippen LogP contribution in [0.5, 0.6) is 5.88 Å². The quantitative estimate of drug-likeness (QED) is 0.775. The van der Waals surface area contributed by atoms with Gasteiger partial charge < -0.3 is 20.7 Å². The van der Waals surface area contributed by atoms with Crippen LogP contribution in [0.15, 0.2) is 12.1 Å². The van der Waals surface area contributed by atoms with Gasteiger partial charge >= 0.3 is 0 Å². The lowest BCUT2D eigenvalue weighted by molar-refractivity contribution is 0.307. The number of aromatic nitrogens is 1. The number of hydrogen-bond acceptors (Lipinski definition) is 5. The van der Waals surface area contributed by atoms with Crippen molar-refractivity contribution in [1.82, 2.24) is 9.88 Å². The lowest BCUT2D eigenvalue weighted by Crippen LogP contribution is -2.31. The zero-order valence-corrected chi connectivity index (χ0v) is 11.7. The van der Waals surface area contributed by atoms with Gasteiger partial charge in [0.25, 0.3) is 0 Å². The molecule has 18 heavy (non-hydrogen) atoms. The van der Waals surface area contributed by atoms with Crippen molar-refractivity contribution in [2.45, 2.75) is 26.3 Å². The minimum Gasteiger partial charge on any atom is -0.476 e. The lowest BCUT2D eigenvalue weighted by Gasteiger charge is -2.20. The number of pyridine rings is 1. The summed E-state index contributed by atoms with van der Waals surface area (Å²) < 4.78 is 5.49.